The third kappa shape index (κ3) is 58.5. The average molecular weight is 1060 g/mol. The van der Waals surface area contributed by atoms with Crippen LogP contribution in [-0.2, 0) is 32.7 Å². The fourth-order valence-electron chi connectivity index (χ4n) is 8.32. The lowest BCUT2D eigenvalue weighted by Crippen LogP contribution is -2.37. The molecule has 0 rings (SSSR count). The summed E-state index contributed by atoms with van der Waals surface area (Å²) in [5.74, 6) is -0.804. The topological polar surface area (TPSA) is 108 Å². The number of phosphoric acid groups is 1. The Bertz CT molecular complexity index is 1520. The quantitative estimate of drug-likeness (QED) is 0.0211. The van der Waals surface area contributed by atoms with Crippen molar-refractivity contribution in [2.24, 2.45) is 0 Å². The zero-order chi connectivity index (χ0) is 54.2. The van der Waals surface area contributed by atoms with Crippen molar-refractivity contribution in [2.75, 3.05) is 47.5 Å². The van der Waals surface area contributed by atoms with E-state index in [4.69, 9.17) is 18.5 Å². The van der Waals surface area contributed by atoms with Crippen LogP contribution in [0.2, 0.25) is 0 Å². The summed E-state index contributed by atoms with van der Waals surface area (Å²) in [6, 6.07) is 0. The number of quaternary nitrogens is 1. The summed E-state index contributed by atoms with van der Waals surface area (Å²) in [7, 11) is 1.47. The molecule has 9 nitrogen and oxygen atoms in total. The highest BCUT2D eigenvalue weighted by molar-refractivity contribution is 7.47. The molecule has 0 saturated carbocycles. The van der Waals surface area contributed by atoms with Gasteiger partial charge in [-0.25, -0.2) is 4.57 Å². The number of rotatable bonds is 55. The second kappa shape index (κ2) is 55.0. The van der Waals surface area contributed by atoms with E-state index in [0.29, 0.717) is 17.4 Å². The molecular formula is C64H115NO8P+. The number of unbranched alkanes of at least 4 members (excludes halogenated alkanes) is 27. The van der Waals surface area contributed by atoms with Gasteiger partial charge in [0.05, 0.1) is 27.7 Å². The molecule has 0 aromatic rings. The third-order valence-electron chi connectivity index (χ3n) is 12.9. The van der Waals surface area contributed by atoms with Crippen molar-refractivity contribution >= 4 is 19.8 Å². The van der Waals surface area contributed by atoms with Gasteiger partial charge in [-0.1, -0.05) is 247 Å². The Morgan fingerprint density at radius 3 is 1.08 bits per heavy atom. The van der Waals surface area contributed by atoms with E-state index in [2.05, 4.69) is 98.9 Å². The predicted octanol–water partition coefficient (Wildman–Crippen LogP) is 19.0. The largest absolute Gasteiger partial charge is 0.472 e. The lowest BCUT2D eigenvalue weighted by Gasteiger charge is -2.24. The minimum atomic E-state index is -4.39. The van der Waals surface area contributed by atoms with Crippen LogP contribution in [0.15, 0.2) is 85.1 Å². The normalized spacial score (nSPS) is 13.9. The highest BCUT2D eigenvalue weighted by Gasteiger charge is 2.27. The number of hydrogen-bond donors (Lipinski definition) is 1. The molecule has 0 fully saturated rings. The van der Waals surface area contributed by atoms with Gasteiger partial charge in [-0.05, 0) is 83.5 Å². The highest BCUT2D eigenvalue weighted by Crippen LogP contribution is 2.43. The van der Waals surface area contributed by atoms with Crippen molar-refractivity contribution in [3.05, 3.63) is 85.1 Å². The molecule has 428 valence electrons. The van der Waals surface area contributed by atoms with Crippen LogP contribution < -0.4 is 0 Å². The van der Waals surface area contributed by atoms with Crippen LogP contribution in [0.25, 0.3) is 0 Å². The molecule has 0 saturated heterocycles. The van der Waals surface area contributed by atoms with Gasteiger partial charge in [-0.15, -0.1) is 0 Å². The Morgan fingerprint density at radius 1 is 0.419 bits per heavy atom. The van der Waals surface area contributed by atoms with Gasteiger partial charge in [0.2, 0.25) is 0 Å². The molecule has 0 aliphatic heterocycles. The SMILES string of the molecule is CC/C=C\C/C=C\C/C=C\C/C=C\CCCCCCCCCCCCCCCCCCCCCCC(=O)OC(COC(=O)CCCCCCCCC/C=C\C/C=C\C/C=C\CC)COP(=O)(O)OCC[N+](C)(C)C. The van der Waals surface area contributed by atoms with Gasteiger partial charge in [0.1, 0.15) is 19.8 Å². The molecule has 0 aromatic carbocycles. The lowest BCUT2D eigenvalue weighted by atomic mass is 10.0. The number of nitrogens with zero attached hydrogens (tertiary/aromatic N) is 1. The van der Waals surface area contributed by atoms with Crippen LogP contribution in [0.4, 0.5) is 0 Å². The molecule has 0 aliphatic carbocycles. The van der Waals surface area contributed by atoms with E-state index in [9.17, 15) is 19.0 Å². The number of allylic oxidation sites excluding steroid dienone is 14. The molecule has 0 bridgehead atoms. The van der Waals surface area contributed by atoms with E-state index in [0.717, 1.165) is 89.9 Å². The summed E-state index contributed by atoms with van der Waals surface area (Å²) in [6.45, 7) is 4.22. The molecule has 74 heavy (non-hydrogen) atoms. The molecular weight excluding hydrogens is 942 g/mol. The van der Waals surface area contributed by atoms with Crippen molar-refractivity contribution in [2.45, 2.75) is 264 Å². The van der Waals surface area contributed by atoms with Crippen LogP contribution in [0.5, 0.6) is 0 Å². The van der Waals surface area contributed by atoms with Crippen LogP contribution in [0.1, 0.15) is 258 Å². The Balaban J connectivity index is 4.04. The van der Waals surface area contributed by atoms with Gasteiger partial charge in [-0.3, -0.25) is 18.6 Å². The summed E-state index contributed by atoms with van der Waals surface area (Å²) in [6.07, 6.45) is 73.8. The standard InChI is InChI=1S/C64H114NO8P/c1-6-8-10-12-14-16-18-20-22-24-25-26-27-28-29-30-31-32-33-34-35-36-37-38-39-41-43-45-47-49-51-53-55-57-64(67)73-62(61-72-74(68,69)71-59-58-65(3,4)5)60-70-63(66)56-54-52-50-48-46-44-42-40-23-21-19-17-15-13-11-9-7-2/h8-11,14-17,20-23,25-26,62H,6-7,12-13,18-19,24,27-61H2,1-5H3/p+1/b10-8-,11-9-,16-14-,17-15-,22-20-,23-21-,26-25-. The molecule has 2 atom stereocenters. The maximum absolute atomic E-state index is 12.8. The first-order valence-corrected chi connectivity index (χ1v) is 31.8. The zero-order valence-corrected chi connectivity index (χ0v) is 49.5. The second-order valence-electron chi connectivity index (χ2n) is 21.3. The molecule has 2 unspecified atom stereocenters. The summed E-state index contributed by atoms with van der Waals surface area (Å²) < 4.78 is 34.6. The van der Waals surface area contributed by atoms with Gasteiger partial charge in [0.15, 0.2) is 6.10 Å². The van der Waals surface area contributed by atoms with Crippen LogP contribution in [0.3, 0.4) is 0 Å². The van der Waals surface area contributed by atoms with E-state index in [1.54, 1.807) is 0 Å². The monoisotopic (exact) mass is 1060 g/mol. The molecule has 0 aliphatic rings. The fraction of sp³-hybridized carbons (Fsp3) is 0.750. The van der Waals surface area contributed by atoms with Crippen LogP contribution >= 0.6 is 7.82 Å². The first kappa shape index (κ1) is 71.2. The van der Waals surface area contributed by atoms with Crippen molar-refractivity contribution in [3.63, 3.8) is 0 Å². The number of esters is 2. The highest BCUT2D eigenvalue weighted by atomic mass is 31.2. The number of ether oxygens (including phenoxy) is 2. The van der Waals surface area contributed by atoms with Crippen molar-refractivity contribution in [3.8, 4) is 0 Å². The first-order chi connectivity index (χ1) is 36.0. The number of carbonyl (C=O) groups excluding carboxylic acids is 2. The van der Waals surface area contributed by atoms with Gasteiger partial charge in [-0.2, -0.15) is 0 Å². The van der Waals surface area contributed by atoms with Gasteiger partial charge >= 0.3 is 19.8 Å². The molecule has 0 aromatic heterocycles. The Morgan fingerprint density at radius 2 is 0.730 bits per heavy atom. The third-order valence-corrected chi connectivity index (χ3v) is 13.9. The van der Waals surface area contributed by atoms with Gasteiger partial charge in [0.25, 0.3) is 0 Å². The predicted molar refractivity (Wildman–Crippen MR) is 316 cm³/mol. The molecule has 10 heteroatoms. The Kier molecular flexibility index (Phi) is 52.9. The van der Waals surface area contributed by atoms with Gasteiger partial charge in [0, 0.05) is 12.8 Å². The van der Waals surface area contributed by atoms with Crippen molar-refractivity contribution in [1.82, 2.24) is 0 Å². The minimum absolute atomic E-state index is 0.0282. The van der Waals surface area contributed by atoms with Crippen molar-refractivity contribution in [1.29, 1.82) is 0 Å². The molecule has 0 spiro atoms. The molecule has 0 heterocycles. The second-order valence-corrected chi connectivity index (χ2v) is 22.8. The fourth-order valence-corrected chi connectivity index (χ4v) is 9.06. The summed E-state index contributed by atoms with van der Waals surface area (Å²) >= 11 is 0. The zero-order valence-electron chi connectivity index (χ0n) is 48.6. The Hall–Kier alpha value is -2.81. The minimum Gasteiger partial charge on any atom is -0.462 e. The number of hydrogen-bond acceptors (Lipinski definition) is 7. The summed E-state index contributed by atoms with van der Waals surface area (Å²) in [5.41, 5.74) is 0. The lowest BCUT2D eigenvalue weighted by molar-refractivity contribution is -0.870. The van der Waals surface area contributed by atoms with E-state index in [-0.39, 0.29) is 32.0 Å². The van der Waals surface area contributed by atoms with E-state index in [1.165, 1.54) is 135 Å². The first-order valence-electron chi connectivity index (χ1n) is 30.3. The Labute approximate surface area is 456 Å². The number of carbonyl (C=O) groups is 2. The summed E-state index contributed by atoms with van der Waals surface area (Å²) in [5, 5.41) is 0. The molecule has 0 amide bonds. The van der Waals surface area contributed by atoms with Crippen LogP contribution in [0, 0.1) is 0 Å². The van der Waals surface area contributed by atoms with E-state index in [1.807, 2.05) is 21.1 Å². The average Bonchev–Trinajstić information content (AvgIpc) is 3.36. The maximum Gasteiger partial charge on any atom is 0.472 e. The van der Waals surface area contributed by atoms with Crippen molar-refractivity contribution < 1.29 is 42.1 Å². The summed E-state index contributed by atoms with van der Waals surface area (Å²) in [4.78, 5) is 35.7. The van der Waals surface area contributed by atoms with E-state index < -0.39 is 26.5 Å². The number of phosphoric ester groups is 1. The van der Waals surface area contributed by atoms with Crippen LogP contribution in [-0.4, -0.2) is 74.9 Å². The van der Waals surface area contributed by atoms with E-state index >= 15 is 0 Å². The number of likely N-dealkylation sites (N-methyl/N-ethyl adjacent to an activating group) is 1. The molecule has 0 radical (unpaired) electrons. The maximum atomic E-state index is 12.8. The smallest absolute Gasteiger partial charge is 0.462 e. The molecule has 1 N–H and O–H groups in total. The van der Waals surface area contributed by atoms with Gasteiger partial charge < -0.3 is 18.9 Å².